The van der Waals surface area contributed by atoms with Gasteiger partial charge in [0.2, 0.25) is 0 Å². The van der Waals surface area contributed by atoms with Gasteiger partial charge in [0.1, 0.15) is 18.0 Å². The van der Waals surface area contributed by atoms with Crippen LogP contribution in [0.25, 0.3) is 0 Å². The molecule has 0 saturated carbocycles. The zero-order chi connectivity index (χ0) is 26.2. The first-order chi connectivity index (χ1) is 18.6. The predicted molar refractivity (Wildman–Crippen MR) is 144 cm³/mol. The van der Waals surface area contributed by atoms with Gasteiger partial charge >= 0.3 is 0 Å². The van der Waals surface area contributed by atoms with Gasteiger partial charge in [-0.3, -0.25) is 9.69 Å². The Morgan fingerprint density at radius 2 is 2.00 bits per heavy atom. The Hall–Kier alpha value is -3.79. The maximum absolute atomic E-state index is 12.1. The van der Waals surface area contributed by atoms with Crippen molar-refractivity contribution in [3.63, 3.8) is 0 Å². The van der Waals surface area contributed by atoms with Crippen molar-refractivity contribution in [2.75, 3.05) is 62.7 Å². The van der Waals surface area contributed by atoms with Crippen LogP contribution in [0.4, 0.5) is 17.2 Å². The molecule has 1 unspecified atom stereocenters. The summed E-state index contributed by atoms with van der Waals surface area (Å²) in [7, 11) is 0. The van der Waals surface area contributed by atoms with Gasteiger partial charge in [0.15, 0.2) is 5.75 Å². The molecule has 2 aromatic rings. The van der Waals surface area contributed by atoms with E-state index in [0.29, 0.717) is 36.5 Å². The quantitative estimate of drug-likeness (QED) is 0.628. The first-order valence-electron chi connectivity index (χ1n) is 13.3. The summed E-state index contributed by atoms with van der Waals surface area (Å²) in [6.07, 6.45) is 2.53. The number of carbonyl (C=O) groups is 1. The lowest BCUT2D eigenvalue weighted by Gasteiger charge is -2.43. The highest BCUT2D eigenvalue weighted by atomic mass is 16.5. The first kappa shape index (κ1) is 24.5. The second-order valence-electron chi connectivity index (χ2n) is 10.4. The van der Waals surface area contributed by atoms with E-state index in [0.717, 1.165) is 74.0 Å². The Morgan fingerprint density at radius 1 is 1.18 bits per heavy atom. The third-order valence-corrected chi connectivity index (χ3v) is 8.08. The predicted octanol–water partition coefficient (Wildman–Crippen LogP) is 3.01. The van der Waals surface area contributed by atoms with Crippen LogP contribution in [-0.2, 0) is 9.53 Å². The molecule has 4 aliphatic heterocycles. The Kier molecular flexibility index (Phi) is 6.57. The van der Waals surface area contributed by atoms with Crippen molar-refractivity contribution < 1.29 is 14.3 Å². The van der Waals surface area contributed by atoms with Gasteiger partial charge in [0.05, 0.1) is 30.0 Å². The van der Waals surface area contributed by atoms with E-state index in [4.69, 9.17) is 9.47 Å². The summed E-state index contributed by atoms with van der Waals surface area (Å²) < 4.78 is 12.0. The molecule has 4 aliphatic rings. The van der Waals surface area contributed by atoms with Crippen molar-refractivity contribution in [2.45, 2.75) is 38.3 Å². The van der Waals surface area contributed by atoms with E-state index >= 15 is 0 Å². The van der Waals surface area contributed by atoms with Crippen LogP contribution in [0.2, 0.25) is 0 Å². The average Bonchev–Trinajstić information content (AvgIpc) is 3.33. The number of morpholine rings is 1. The lowest BCUT2D eigenvalue weighted by Crippen LogP contribution is -2.51. The molecular weight excluding hydrogens is 480 g/mol. The summed E-state index contributed by atoms with van der Waals surface area (Å²) in [5.41, 5.74) is 4.53. The van der Waals surface area contributed by atoms with Gasteiger partial charge in [0, 0.05) is 63.1 Å². The fourth-order valence-corrected chi connectivity index (χ4v) is 6.03. The van der Waals surface area contributed by atoms with Crippen LogP contribution < -0.4 is 15.0 Å². The molecule has 1 aromatic carbocycles. The highest BCUT2D eigenvalue weighted by Gasteiger charge is 2.38. The highest BCUT2D eigenvalue weighted by molar-refractivity contribution is 5.93. The van der Waals surface area contributed by atoms with Crippen LogP contribution in [0.1, 0.15) is 49.0 Å². The van der Waals surface area contributed by atoms with E-state index in [1.807, 2.05) is 30.2 Å². The van der Waals surface area contributed by atoms with Gasteiger partial charge in [-0.05, 0) is 50.0 Å². The summed E-state index contributed by atoms with van der Waals surface area (Å²) in [4.78, 5) is 23.4. The Morgan fingerprint density at radius 3 is 2.76 bits per heavy atom. The van der Waals surface area contributed by atoms with Crippen LogP contribution in [-0.4, -0.2) is 79.2 Å². The average molecular weight is 513 g/mol. The number of benzene rings is 1. The van der Waals surface area contributed by atoms with Crippen LogP contribution in [0, 0.1) is 23.2 Å². The number of likely N-dealkylation sites (tertiary alicyclic amines) is 2. The molecule has 9 nitrogen and oxygen atoms in total. The third kappa shape index (κ3) is 4.42. The molecule has 3 saturated heterocycles. The van der Waals surface area contributed by atoms with Gasteiger partial charge in [0.25, 0.3) is 5.91 Å². The number of anilines is 3. The third-order valence-electron chi connectivity index (χ3n) is 8.08. The molecule has 0 bridgehead atoms. The number of amides is 1. The molecule has 196 valence electrons. The molecule has 0 radical (unpaired) electrons. The van der Waals surface area contributed by atoms with E-state index in [2.05, 4.69) is 44.1 Å². The summed E-state index contributed by atoms with van der Waals surface area (Å²) in [6, 6.07) is 8.85. The minimum Gasteiger partial charge on any atom is -0.482 e. The monoisotopic (exact) mass is 512 g/mol. The Labute approximate surface area is 223 Å². The van der Waals surface area contributed by atoms with Crippen molar-refractivity contribution in [1.82, 2.24) is 14.8 Å². The molecule has 6 rings (SSSR count). The molecule has 0 aliphatic carbocycles. The van der Waals surface area contributed by atoms with Crippen LogP contribution in [0.3, 0.4) is 0 Å². The largest absolute Gasteiger partial charge is 0.482 e. The van der Waals surface area contributed by atoms with Crippen molar-refractivity contribution in [1.29, 1.82) is 5.26 Å². The number of ether oxygens (including phenoxy) is 2. The van der Waals surface area contributed by atoms with Gasteiger partial charge in [-0.2, -0.15) is 5.26 Å². The maximum Gasteiger partial charge on any atom is 0.298 e. The second-order valence-corrected chi connectivity index (χ2v) is 10.4. The van der Waals surface area contributed by atoms with E-state index in [1.54, 1.807) is 6.92 Å². The number of carbonyl (C=O) groups excluding carboxylic acids is 1. The number of nitrogens with one attached hydrogen (secondary N) is 1. The van der Waals surface area contributed by atoms with Gasteiger partial charge in [-0.15, -0.1) is 0 Å². The number of fused-ring (bicyclic) bond motifs is 2. The van der Waals surface area contributed by atoms with Crippen molar-refractivity contribution >= 4 is 23.1 Å². The standard InChI is InChI=1S/C29H32N6O3/c1-3-4-26(36)34-8-6-23(18-34)35-16-22(17-35)20-13-21(15-30)28-24(14-20)32-29-27(19(2)38-28)25(5-7-31-29)33-9-11-37-12-10-33/h5,7,13-14,19,22-23H,6,8-12,16-18H2,1-2H3,(H,31,32)/t19-,23?/m0/s1. The van der Waals surface area contributed by atoms with E-state index in [1.165, 1.54) is 0 Å². The molecule has 38 heavy (non-hydrogen) atoms. The molecule has 9 heteroatoms. The Balaban J connectivity index is 1.22. The van der Waals surface area contributed by atoms with Gasteiger partial charge in [-0.1, -0.05) is 5.92 Å². The highest BCUT2D eigenvalue weighted by Crippen LogP contribution is 2.45. The molecule has 0 spiro atoms. The zero-order valence-corrected chi connectivity index (χ0v) is 21.9. The van der Waals surface area contributed by atoms with Gasteiger partial charge < -0.3 is 24.6 Å². The van der Waals surface area contributed by atoms with Crippen molar-refractivity contribution in [3.8, 4) is 23.7 Å². The van der Waals surface area contributed by atoms with Crippen LogP contribution >= 0.6 is 0 Å². The minimum atomic E-state index is -0.270. The fourth-order valence-electron chi connectivity index (χ4n) is 6.03. The van der Waals surface area contributed by atoms with E-state index in [9.17, 15) is 10.1 Å². The number of rotatable bonds is 3. The van der Waals surface area contributed by atoms with Crippen LogP contribution in [0.5, 0.6) is 5.75 Å². The summed E-state index contributed by atoms with van der Waals surface area (Å²) >= 11 is 0. The topological polar surface area (TPSA) is 94.0 Å². The molecular formula is C29H32N6O3. The number of hydrogen-bond donors (Lipinski definition) is 1. The normalized spacial score (nSPS) is 23.0. The van der Waals surface area contributed by atoms with Gasteiger partial charge in [-0.25, -0.2) is 4.98 Å². The maximum atomic E-state index is 12.1. The number of nitriles is 1. The molecule has 1 amide bonds. The lowest BCUT2D eigenvalue weighted by atomic mass is 9.88. The second kappa shape index (κ2) is 10.2. The van der Waals surface area contributed by atoms with Crippen LogP contribution in [0.15, 0.2) is 24.4 Å². The lowest BCUT2D eigenvalue weighted by molar-refractivity contribution is -0.124. The number of pyridine rings is 1. The fraction of sp³-hybridized carbons (Fsp3) is 0.483. The summed E-state index contributed by atoms with van der Waals surface area (Å²) in [6.45, 7) is 10.0. The first-order valence-corrected chi connectivity index (χ1v) is 13.3. The summed E-state index contributed by atoms with van der Waals surface area (Å²) in [5.74, 6) is 6.94. The molecule has 1 N–H and O–H groups in total. The Bertz CT molecular complexity index is 1350. The molecule has 1 aromatic heterocycles. The van der Waals surface area contributed by atoms with Crippen molar-refractivity contribution in [3.05, 3.63) is 41.1 Å². The zero-order valence-electron chi connectivity index (χ0n) is 21.9. The molecule has 5 heterocycles. The molecule has 3 fully saturated rings. The molecule has 2 atom stereocenters. The SMILES string of the molecule is CC#CC(=O)N1CCC(N2CC(c3cc(C#N)c4c(c3)Nc3nccc(N5CCOCC5)c3[C@H](C)O4)C2)C1. The number of nitrogens with zero attached hydrogens (tertiary/aromatic N) is 5. The number of hydrogen-bond acceptors (Lipinski definition) is 8. The van der Waals surface area contributed by atoms with E-state index < -0.39 is 0 Å². The van der Waals surface area contributed by atoms with Crippen molar-refractivity contribution in [2.24, 2.45) is 0 Å². The smallest absolute Gasteiger partial charge is 0.298 e. The van der Waals surface area contributed by atoms with E-state index in [-0.39, 0.29) is 12.0 Å². The summed E-state index contributed by atoms with van der Waals surface area (Å²) in [5, 5.41) is 13.6. The number of aromatic nitrogens is 1. The minimum absolute atomic E-state index is 0.0811.